The average Bonchev–Trinajstić information content (AvgIpc) is 2.42. The van der Waals surface area contributed by atoms with E-state index >= 15 is 0 Å². The van der Waals surface area contributed by atoms with Crippen molar-refractivity contribution < 1.29 is 23.0 Å². The fourth-order valence-electron chi connectivity index (χ4n) is 1.94. The maximum Gasteiger partial charge on any atom is 0.344 e. The highest BCUT2D eigenvalue weighted by molar-refractivity contribution is 5.91. The van der Waals surface area contributed by atoms with Gasteiger partial charge in [0.2, 0.25) is 0 Å². The van der Waals surface area contributed by atoms with Crippen LogP contribution in [0.15, 0.2) is 12.1 Å². The summed E-state index contributed by atoms with van der Waals surface area (Å²) in [5, 5.41) is 0. The van der Waals surface area contributed by atoms with Gasteiger partial charge in [0.05, 0.1) is 11.8 Å². The SMILES string of the molecule is Nc1ccc(F)c(C(=O)OCC2CCCCO2)c1F. The number of anilines is 1. The molecular weight excluding hydrogens is 256 g/mol. The zero-order valence-electron chi connectivity index (χ0n) is 10.3. The lowest BCUT2D eigenvalue weighted by atomic mass is 10.1. The molecule has 19 heavy (non-hydrogen) atoms. The van der Waals surface area contributed by atoms with Crippen molar-refractivity contribution in [3.05, 3.63) is 29.3 Å². The lowest BCUT2D eigenvalue weighted by molar-refractivity contribution is -0.0303. The van der Waals surface area contributed by atoms with Crippen molar-refractivity contribution in [1.29, 1.82) is 0 Å². The standard InChI is InChI=1S/C13H15F2NO3/c14-9-4-5-10(16)12(15)11(9)13(17)19-7-8-3-1-2-6-18-8/h4-5,8H,1-3,6-7,16H2. The van der Waals surface area contributed by atoms with E-state index in [1.807, 2.05) is 0 Å². The first kappa shape index (κ1) is 13.7. The summed E-state index contributed by atoms with van der Waals surface area (Å²) in [5.41, 5.74) is 4.25. The summed E-state index contributed by atoms with van der Waals surface area (Å²) in [4.78, 5) is 11.7. The first-order valence-electron chi connectivity index (χ1n) is 6.12. The zero-order valence-corrected chi connectivity index (χ0v) is 10.3. The van der Waals surface area contributed by atoms with Crippen LogP contribution in [0.25, 0.3) is 0 Å². The molecule has 0 aliphatic carbocycles. The minimum atomic E-state index is -1.09. The Morgan fingerprint density at radius 3 is 2.89 bits per heavy atom. The molecule has 1 aromatic carbocycles. The minimum Gasteiger partial charge on any atom is -0.459 e. The number of carbonyl (C=O) groups is 1. The van der Waals surface area contributed by atoms with E-state index < -0.39 is 23.2 Å². The van der Waals surface area contributed by atoms with Gasteiger partial charge in [-0.05, 0) is 31.4 Å². The third kappa shape index (κ3) is 3.20. The van der Waals surface area contributed by atoms with Gasteiger partial charge in [0.15, 0.2) is 5.82 Å². The highest BCUT2D eigenvalue weighted by Gasteiger charge is 2.23. The monoisotopic (exact) mass is 271 g/mol. The highest BCUT2D eigenvalue weighted by atomic mass is 19.1. The highest BCUT2D eigenvalue weighted by Crippen LogP contribution is 2.20. The molecule has 1 fully saturated rings. The van der Waals surface area contributed by atoms with Crippen molar-refractivity contribution in [2.45, 2.75) is 25.4 Å². The van der Waals surface area contributed by atoms with Gasteiger partial charge in [0, 0.05) is 6.61 Å². The van der Waals surface area contributed by atoms with Crippen LogP contribution in [0.3, 0.4) is 0 Å². The molecule has 1 aromatic rings. The van der Waals surface area contributed by atoms with Gasteiger partial charge in [0.1, 0.15) is 18.0 Å². The van der Waals surface area contributed by atoms with Crippen LogP contribution in [-0.2, 0) is 9.47 Å². The van der Waals surface area contributed by atoms with Crippen LogP contribution < -0.4 is 5.73 Å². The van der Waals surface area contributed by atoms with Crippen molar-refractivity contribution in [1.82, 2.24) is 0 Å². The third-order valence-corrected chi connectivity index (χ3v) is 3.00. The van der Waals surface area contributed by atoms with Crippen molar-refractivity contribution in [2.24, 2.45) is 0 Å². The van der Waals surface area contributed by atoms with Crippen LogP contribution in [0.2, 0.25) is 0 Å². The van der Waals surface area contributed by atoms with E-state index in [-0.39, 0.29) is 18.4 Å². The lowest BCUT2D eigenvalue weighted by Crippen LogP contribution is -2.26. The molecule has 0 saturated carbocycles. The molecule has 0 amide bonds. The number of hydrogen-bond donors (Lipinski definition) is 1. The number of nitrogen functional groups attached to an aromatic ring is 1. The normalized spacial score (nSPS) is 19.2. The van der Waals surface area contributed by atoms with E-state index in [1.165, 1.54) is 0 Å². The number of halogens is 2. The summed E-state index contributed by atoms with van der Waals surface area (Å²) in [6.07, 6.45) is 2.53. The Kier molecular flexibility index (Phi) is 4.31. The van der Waals surface area contributed by atoms with E-state index in [2.05, 4.69) is 0 Å². The van der Waals surface area contributed by atoms with Gasteiger partial charge in [-0.2, -0.15) is 0 Å². The maximum atomic E-state index is 13.6. The average molecular weight is 271 g/mol. The van der Waals surface area contributed by atoms with Crippen LogP contribution in [-0.4, -0.2) is 25.3 Å². The smallest absolute Gasteiger partial charge is 0.344 e. The van der Waals surface area contributed by atoms with E-state index in [0.717, 1.165) is 31.4 Å². The number of carbonyl (C=O) groups excluding carboxylic acids is 1. The molecule has 1 unspecified atom stereocenters. The Bertz CT molecular complexity index is 473. The van der Waals surface area contributed by atoms with Gasteiger partial charge < -0.3 is 15.2 Å². The molecule has 0 bridgehead atoms. The molecule has 4 nitrogen and oxygen atoms in total. The van der Waals surface area contributed by atoms with Crippen LogP contribution in [0.1, 0.15) is 29.6 Å². The van der Waals surface area contributed by atoms with Gasteiger partial charge in [-0.3, -0.25) is 0 Å². The predicted molar refractivity (Wildman–Crippen MR) is 64.6 cm³/mol. The van der Waals surface area contributed by atoms with Gasteiger partial charge in [-0.15, -0.1) is 0 Å². The minimum absolute atomic E-state index is 0.00743. The largest absolute Gasteiger partial charge is 0.459 e. The first-order chi connectivity index (χ1) is 9.09. The number of esters is 1. The van der Waals surface area contributed by atoms with Crippen LogP contribution in [0.4, 0.5) is 14.5 Å². The summed E-state index contributed by atoms with van der Waals surface area (Å²) in [6, 6.07) is 2.00. The van der Waals surface area contributed by atoms with Gasteiger partial charge in [0.25, 0.3) is 0 Å². The summed E-state index contributed by atoms with van der Waals surface area (Å²) in [7, 11) is 0. The molecule has 2 N–H and O–H groups in total. The van der Waals surface area contributed by atoms with Crippen molar-refractivity contribution >= 4 is 11.7 Å². The Labute approximate surface area is 109 Å². The zero-order chi connectivity index (χ0) is 13.8. The molecule has 1 aliphatic rings. The van der Waals surface area contributed by atoms with Crippen LogP contribution in [0, 0.1) is 11.6 Å². The summed E-state index contributed by atoms with van der Waals surface area (Å²) < 4.78 is 37.2. The van der Waals surface area contributed by atoms with Gasteiger partial charge in [-0.25, -0.2) is 13.6 Å². The number of ether oxygens (including phenoxy) is 2. The molecule has 2 rings (SSSR count). The molecule has 0 radical (unpaired) electrons. The summed E-state index contributed by atoms with van der Waals surface area (Å²) in [5.74, 6) is -3.13. The predicted octanol–water partition coefficient (Wildman–Crippen LogP) is 2.27. The van der Waals surface area contributed by atoms with E-state index in [1.54, 1.807) is 0 Å². The fourth-order valence-corrected chi connectivity index (χ4v) is 1.94. The van der Waals surface area contributed by atoms with E-state index in [9.17, 15) is 13.6 Å². The molecular formula is C13H15F2NO3. The van der Waals surface area contributed by atoms with Crippen molar-refractivity contribution in [3.63, 3.8) is 0 Å². The molecule has 0 aromatic heterocycles. The number of hydrogen-bond acceptors (Lipinski definition) is 4. The van der Waals surface area contributed by atoms with Gasteiger partial charge in [-0.1, -0.05) is 0 Å². The second-order valence-corrected chi connectivity index (χ2v) is 4.41. The molecule has 1 saturated heterocycles. The Morgan fingerprint density at radius 1 is 1.42 bits per heavy atom. The lowest BCUT2D eigenvalue weighted by Gasteiger charge is -2.22. The molecule has 1 aliphatic heterocycles. The molecule has 1 atom stereocenters. The second-order valence-electron chi connectivity index (χ2n) is 4.41. The Hall–Kier alpha value is -1.69. The topological polar surface area (TPSA) is 61.6 Å². The molecule has 6 heteroatoms. The van der Waals surface area contributed by atoms with Crippen LogP contribution >= 0.6 is 0 Å². The van der Waals surface area contributed by atoms with E-state index in [4.69, 9.17) is 15.2 Å². The first-order valence-corrected chi connectivity index (χ1v) is 6.12. The van der Waals surface area contributed by atoms with Crippen molar-refractivity contribution in [3.8, 4) is 0 Å². The molecule has 0 spiro atoms. The second kappa shape index (κ2) is 5.97. The third-order valence-electron chi connectivity index (χ3n) is 3.00. The Balaban J connectivity index is 2.01. The fraction of sp³-hybridized carbons (Fsp3) is 0.462. The number of rotatable bonds is 3. The number of benzene rings is 1. The molecule has 1 heterocycles. The summed E-state index contributed by atoms with van der Waals surface area (Å²) >= 11 is 0. The number of nitrogens with two attached hydrogens (primary N) is 1. The quantitative estimate of drug-likeness (QED) is 0.676. The summed E-state index contributed by atoms with van der Waals surface area (Å²) in [6.45, 7) is 0.607. The van der Waals surface area contributed by atoms with Crippen molar-refractivity contribution in [2.75, 3.05) is 18.9 Å². The molecule has 104 valence electrons. The van der Waals surface area contributed by atoms with Gasteiger partial charge >= 0.3 is 5.97 Å². The maximum absolute atomic E-state index is 13.6. The van der Waals surface area contributed by atoms with Crippen LogP contribution in [0.5, 0.6) is 0 Å². The van der Waals surface area contributed by atoms with E-state index in [0.29, 0.717) is 6.61 Å². The Morgan fingerprint density at radius 2 is 2.21 bits per heavy atom.